The minimum atomic E-state index is -3.89. The monoisotopic (exact) mass is 327 g/mol. The molecule has 0 aliphatic rings. The molecule has 0 saturated heterocycles. The van der Waals surface area contributed by atoms with Crippen LogP contribution in [0.2, 0.25) is 0 Å². The van der Waals surface area contributed by atoms with Gasteiger partial charge in [0, 0.05) is 13.0 Å². The number of carbonyl (C=O) groups excluding carboxylic acids is 2. The SMILES string of the molecule is CC(C)(C)CC(=O)NS(=O)(=O)c1ccc(CNC(N)=O)cc1. The van der Waals surface area contributed by atoms with Crippen LogP contribution in [0.3, 0.4) is 0 Å². The zero-order valence-electron chi connectivity index (χ0n) is 12.8. The van der Waals surface area contributed by atoms with Crippen molar-refractivity contribution in [2.45, 2.75) is 38.6 Å². The molecule has 0 aromatic heterocycles. The minimum Gasteiger partial charge on any atom is -0.352 e. The summed E-state index contributed by atoms with van der Waals surface area (Å²) in [6, 6.07) is 5.15. The van der Waals surface area contributed by atoms with Crippen LogP contribution in [0.15, 0.2) is 29.2 Å². The molecule has 0 spiro atoms. The Kier molecular flexibility index (Phi) is 5.54. The average molecular weight is 327 g/mol. The number of hydrogen-bond acceptors (Lipinski definition) is 4. The standard InChI is InChI=1S/C14H21N3O4S/c1-14(2,3)8-12(18)17-22(20,21)11-6-4-10(5-7-11)9-16-13(15)19/h4-7H,8-9H2,1-3H3,(H,17,18)(H3,15,16,19). The molecule has 0 aliphatic heterocycles. The molecule has 4 N–H and O–H groups in total. The van der Waals surface area contributed by atoms with Gasteiger partial charge >= 0.3 is 6.03 Å². The minimum absolute atomic E-state index is 0.0161. The van der Waals surface area contributed by atoms with Crippen LogP contribution < -0.4 is 15.8 Å². The van der Waals surface area contributed by atoms with Gasteiger partial charge in [0.1, 0.15) is 0 Å². The van der Waals surface area contributed by atoms with Crippen LogP contribution in [0.4, 0.5) is 4.79 Å². The number of nitrogens with two attached hydrogens (primary N) is 1. The summed E-state index contributed by atoms with van der Waals surface area (Å²) in [5.41, 5.74) is 5.34. The maximum absolute atomic E-state index is 12.1. The number of nitrogens with one attached hydrogen (secondary N) is 2. The number of carbonyl (C=O) groups is 2. The van der Waals surface area contributed by atoms with Gasteiger partial charge in [0.2, 0.25) is 5.91 Å². The Hall–Kier alpha value is -2.09. The molecule has 0 saturated carbocycles. The molecule has 3 amide bonds. The number of amides is 3. The number of rotatable bonds is 5. The highest BCUT2D eigenvalue weighted by Crippen LogP contribution is 2.19. The van der Waals surface area contributed by atoms with Crippen molar-refractivity contribution in [3.63, 3.8) is 0 Å². The normalized spacial score (nSPS) is 11.8. The van der Waals surface area contributed by atoms with Gasteiger partial charge in [-0.1, -0.05) is 32.9 Å². The second-order valence-electron chi connectivity index (χ2n) is 6.13. The fraction of sp³-hybridized carbons (Fsp3) is 0.429. The molecule has 8 heteroatoms. The third-order valence-electron chi connectivity index (χ3n) is 2.64. The van der Waals surface area contributed by atoms with Crippen LogP contribution in [-0.4, -0.2) is 20.4 Å². The zero-order valence-corrected chi connectivity index (χ0v) is 13.7. The molecule has 0 unspecified atom stereocenters. The van der Waals surface area contributed by atoms with Crippen LogP contribution in [0.25, 0.3) is 0 Å². The Labute approximate surface area is 130 Å². The van der Waals surface area contributed by atoms with Crippen LogP contribution in [0.5, 0.6) is 0 Å². The molecule has 7 nitrogen and oxygen atoms in total. The fourth-order valence-corrected chi connectivity index (χ4v) is 2.69. The first-order chi connectivity index (χ1) is 9.99. The summed E-state index contributed by atoms with van der Waals surface area (Å²) >= 11 is 0. The first kappa shape index (κ1) is 18.0. The van der Waals surface area contributed by atoms with Gasteiger partial charge in [0.15, 0.2) is 0 Å². The molecule has 0 atom stereocenters. The number of hydrogen-bond donors (Lipinski definition) is 3. The Balaban J connectivity index is 2.77. The summed E-state index contributed by atoms with van der Waals surface area (Å²) in [6.45, 7) is 5.74. The third kappa shape index (κ3) is 6.13. The van der Waals surface area contributed by atoms with Crippen LogP contribution in [-0.2, 0) is 21.4 Å². The van der Waals surface area contributed by atoms with E-state index in [1.54, 1.807) is 12.1 Å². The molecule has 1 rings (SSSR count). The van der Waals surface area contributed by atoms with Crippen molar-refractivity contribution < 1.29 is 18.0 Å². The fourth-order valence-electron chi connectivity index (χ4n) is 1.70. The molecule has 0 aliphatic carbocycles. The van der Waals surface area contributed by atoms with Crippen molar-refractivity contribution in [3.8, 4) is 0 Å². The molecule has 22 heavy (non-hydrogen) atoms. The lowest BCUT2D eigenvalue weighted by molar-refractivity contribution is -0.121. The van der Waals surface area contributed by atoms with Gasteiger partial charge < -0.3 is 11.1 Å². The lowest BCUT2D eigenvalue weighted by atomic mass is 9.92. The lowest BCUT2D eigenvalue weighted by Crippen LogP contribution is -2.33. The van der Waals surface area contributed by atoms with Crippen LogP contribution in [0.1, 0.15) is 32.8 Å². The zero-order chi connectivity index (χ0) is 17.0. The largest absolute Gasteiger partial charge is 0.352 e. The summed E-state index contributed by atoms with van der Waals surface area (Å²) < 4.78 is 26.2. The number of sulfonamides is 1. The van der Waals surface area contributed by atoms with E-state index in [1.165, 1.54) is 12.1 Å². The number of benzene rings is 1. The molecule has 122 valence electrons. The van der Waals surface area contributed by atoms with Gasteiger partial charge in [0.25, 0.3) is 10.0 Å². The van der Waals surface area contributed by atoms with Gasteiger partial charge in [-0.3, -0.25) is 4.79 Å². The van der Waals surface area contributed by atoms with E-state index >= 15 is 0 Å². The second kappa shape index (κ2) is 6.78. The predicted molar refractivity (Wildman–Crippen MR) is 82.3 cm³/mol. The Bertz CT molecular complexity index is 646. The molecule has 1 aromatic carbocycles. The smallest absolute Gasteiger partial charge is 0.312 e. The topological polar surface area (TPSA) is 118 Å². The Morgan fingerprint density at radius 3 is 2.14 bits per heavy atom. The van der Waals surface area contributed by atoms with E-state index in [4.69, 9.17) is 5.73 Å². The van der Waals surface area contributed by atoms with E-state index in [2.05, 4.69) is 5.32 Å². The van der Waals surface area contributed by atoms with E-state index in [0.717, 1.165) is 0 Å². The highest BCUT2D eigenvalue weighted by Gasteiger charge is 2.22. The van der Waals surface area contributed by atoms with Crippen molar-refractivity contribution in [1.82, 2.24) is 10.0 Å². The number of urea groups is 1. The lowest BCUT2D eigenvalue weighted by Gasteiger charge is -2.17. The van der Waals surface area contributed by atoms with Crippen molar-refractivity contribution in [2.75, 3.05) is 0 Å². The highest BCUT2D eigenvalue weighted by atomic mass is 32.2. The van der Waals surface area contributed by atoms with E-state index in [-0.39, 0.29) is 23.3 Å². The van der Waals surface area contributed by atoms with Gasteiger partial charge in [-0.2, -0.15) is 0 Å². The average Bonchev–Trinajstić information content (AvgIpc) is 2.33. The molecular formula is C14H21N3O4S. The second-order valence-corrected chi connectivity index (χ2v) is 7.81. The van der Waals surface area contributed by atoms with Crippen molar-refractivity contribution >= 4 is 22.0 Å². The van der Waals surface area contributed by atoms with E-state index in [0.29, 0.717) is 5.56 Å². The maximum Gasteiger partial charge on any atom is 0.312 e. The third-order valence-corrected chi connectivity index (χ3v) is 4.03. The van der Waals surface area contributed by atoms with Gasteiger partial charge in [-0.15, -0.1) is 0 Å². The molecule has 0 radical (unpaired) electrons. The summed E-state index contributed by atoms with van der Waals surface area (Å²) in [7, 11) is -3.89. The van der Waals surface area contributed by atoms with E-state index in [9.17, 15) is 18.0 Å². The first-order valence-electron chi connectivity index (χ1n) is 6.67. The van der Waals surface area contributed by atoms with Crippen LogP contribution >= 0.6 is 0 Å². The van der Waals surface area contributed by atoms with Crippen molar-refractivity contribution in [3.05, 3.63) is 29.8 Å². The summed E-state index contributed by atoms with van der Waals surface area (Å²) in [5.74, 6) is -0.549. The Morgan fingerprint density at radius 2 is 1.68 bits per heavy atom. The van der Waals surface area contributed by atoms with Crippen molar-refractivity contribution in [2.24, 2.45) is 11.1 Å². The summed E-state index contributed by atoms with van der Waals surface area (Å²) in [4.78, 5) is 22.3. The van der Waals surface area contributed by atoms with Gasteiger partial charge in [-0.05, 0) is 23.1 Å². The van der Waals surface area contributed by atoms with Gasteiger partial charge in [0.05, 0.1) is 4.90 Å². The van der Waals surface area contributed by atoms with Gasteiger partial charge in [-0.25, -0.2) is 17.9 Å². The maximum atomic E-state index is 12.1. The predicted octanol–water partition coefficient (Wildman–Crippen LogP) is 1.10. The Morgan fingerprint density at radius 1 is 1.14 bits per heavy atom. The molecule has 1 aromatic rings. The molecule has 0 fully saturated rings. The quantitative estimate of drug-likeness (QED) is 0.750. The molecular weight excluding hydrogens is 306 g/mol. The first-order valence-corrected chi connectivity index (χ1v) is 8.16. The van der Waals surface area contributed by atoms with Crippen molar-refractivity contribution in [1.29, 1.82) is 0 Å². The molecule has 0 heterocycles. The van der Waals surface area contributed by atoms with E-state index in [1.807, 2.05) is 25.5 Å². The van der Waals surface area contributed by atoms with Crippen LogP contribution in [0, 0.1) is 5.41 Å². The molecule has 0 bridgehead atoms. The summed E-state index contributed by atoms with van der Waals surface area (Å²) in [5, 5.41) is 2.40. The highest BCUT2D eigenvalue weighted by molar-refractivity contribution is 7.90. The summed E-state index contributed by atoms with van der Waals surface area (Å²) in [6.07, 6.45) is 0.104. The number of primary amides is 1. The van der Waals surface area contributed by atoms with E-state index < -0.39 is 22.0 Å².